The number of pyridine rings is 2. The third-order valence-electron chi connectivity index (χ3n) is 14.2. The third kappa shape index (κ3) is 4.53. The summed E-state index contributed by atoms with van der Waals surface area (Å²) < 4.78 is 7.36. The fraction of sp³-hybridized carbons (Fsp3) is 0.0169. The summed E-state index contributed by atoms with van der Waals surface area (Å²) in [6.07, 6.45) is 3.82. The van der Waals surface area contributed by atoms with Crippen molar-refractivity contribution in [2.24, 2.45) is 0 Å². The van der Waals surface area contributed by atoms with E-state index >= 15 is 0 Å². The Labute approximate surface area is 377 Å². The van der Waals surface area contributed by atoms with Crippen molar-refractivity contribution in [3.63, 3.8) is 0 Å². The van der Waals surface area contributed by atoms with E-state index in [4.69, 9.17) is 9.97 Å². The Morgan fingerprint density at radius 3 is 1.35 bits per heavy atom. The van der Waals surface area contributed by atoms with E-state index in [0.717, 1.165) is 39.6 Å². The second-order valence-corrected chi connectivity index (χ2v) is 18.4. The summed E-state index contributed by atoms with van der Waals surface area (Å²) in [5, 5.41) is 7.46. The lowest BCUT2D eigenvalue weighted by molar-refractivity contribution is 0.712. The van der Waals surface area contributed by atoms with Crippen molar-refractivity contribution in [2.45, 2.75) is 15.2 Å². The highest BCUT2D eigenvalue weighted by Gasteiger charge is 2.53. The highest BCUT2D eigenvalue weighted by molar-refractivity contribution is 7.99. The first-order valence-corrected chi connectivity index (χ1v) is 23.0. The molecule has 6 heteroatoms. The molecule has 302 valence electrons. The minimum absolute atomic E-state index is 0.692. The SMILES string of the molecule is c1cc2c(c(-n3c4ccccc4c4ccccc43)c1)C1(c3ccc(-n4c5ccccc5c5cc(-n6c7ccccc7c7ccccc76)ccc54)cc3S2)c2cccnc2-c2ncccc21. The van der Waals surface area contributed by atoms with Gasteiger partial charge in [-0.2, -0.15) is 0 Å². The molecule has 15 rings (SSSR count). The molecule has 0 fully saturated rings. The molecule has 65 heavy (non-hydrogen) atoms. The van der Waals surface area contributed by atoms with E-state index in [9.17, 15) is 0 Å². The van der Waals surface area contributed by atoms with Crippen LogP contribution >= 0.6 is 11.8 Å². The Balaban J connectivity index is 0.991. The average Bonchev–Trinajstić information content (AvgIpc) is 4.08. The minimum Gasteiger partial charge on any atom is -0.309 e. The number of fused-ring (bicyclic) bond motifs is 18. The molecular formula is C59H35N5S. The zero-order valence-corrected chi connectivity index (χ0v) is 35.7. The van der Waals surface area contributed by atoms with Gasteiger partial charge in [0.15, 0.2) is 0 Å². The molecule has 0 N–H and O–H groups in total. The van der Waals surface area contributed by atoms with Crippen LogP contribution in [0.2, 0.25) is 0 Å². The predicted molar refractivity (Wildman–Crippen MR) is 266 cm³/mol. The molecule has 0 saturated heterocycles. The molecule has 1 aliphatic carbocycles. The molecule has 0 amide bonds. The molecule has 6 heterocycles. The maximum absolute atomic E-state index is 5.09. The molecule has 0 unspecified atom stereocenters. The normalized spacial score (nSPS) is 13.6. The van der Waals surface area contributed by atoms with E-state index in [0.29, 0.717) is 0 Å². The summed E-state index contributed by atoms with van der Waals surface area (Å²) >= 11 is 1.87. The molecule has 0 atom stereocenters. The van der Waals surface area contributed by atoms with Gasteiger partial charge in [0.2, 0.25) is 0 Å². The van der Waals surface area contributed by atoms with Crippen molar-refractivity contribution >= 4 is 77.2 Å². The van der Waals surface area contributed by atoms with Crippen LogP contribution in [0.25, 0.3) is 93.9 Å². The van der Waals surface area contributed by atoms with Crippen molar-refractivity contribution in [1.29, 1.82) is 0 Å². The molecule has 2 aliphatic rings. The van der Waals surface area contributed by atoms with Crippen LogP contribution in [0.3, 0.4) is 0 Å². The highest BCUT2D eigenvalue weighted by atomic mass is 32.2. The number of hydrogen-bond acceptors (Lipinski definition) is 3. The van der Waals surface area contributed by atoms with Crippen molar-refractivity contribution in [1.82, 2.24) is 23.7 Å². The lowest BCUT2D eigenvalue weighted by Gasteiger charge is -2.41. The van der Waals surface area contributed by atoms with Gasteiger partial charge in [-0.1, -0.05) is 127 Å². The fourth-order valence-electron chi connectivity index (χ4n) is 11.7. The van der Waals surface area contributed by atoms with Gasteiger partial charge >= 0.3 is 0 Å². The topological polar surface area (TPSA) is 40.6 Å². The first kappa shape index (κ1) is 35.3. The van der Waals surface area contributed by atoms with Crippen LogP contribution in [0, 0.1) is 0 Å². The van der Waals surface area contributed by atoms with Gasteiger partial charge < -0.3 is 13.7 Å². The van der Waals surface area contributed by atoms with Crippen LogP contribution in [0.15, 0.2) is 222 Å². The van der Waals surface area contributed by atoms with Crippen LogP contribution < -0.4 is 0 Å². The molecular weight excluding hydrogens is 811 g/mol. The first-order valence-electron chi connectivity index (χ1n) is 22.2. The zero-order chi connectivity index (χ0) is 42.4. The Bertz CT molecular complexity index is 4040. The molecule has 5 nitrogen and oxygen atoms in total. The Morgan fingerprint density at radius 1 is 0.338 bits per heavy atom. The van der Waals surface area contributed by atoms with E-state index in [-0.39, 0.29) is 0 Å². The average molecular weight is 846 g/mol. The van der Waals surface area contributed by atoms with Crippen molar-refractivity contribution in [3.05, 3.63) is 235 Å². The van der Waals surface area contributed by atoms with Gasteiger partial charge in [-0.3, -0.25) is 9.97 Å². The number of benzene rings is 8. The molecule has 0 saturated carbocycles. The largest absolute Gasteiger partial charge is 0.309 e. The number of rotatable bonds is 3. The van der Waals surface area contributed by atoms with Crippen LogP contribution in [0.4, 0.5) is 0 Å². The summed E-state index contributed by atoms with van der Waals surface area (Å²) in [4.78, 5) is 12.6. The Hall–Kier alpha value is -8.19. The highest BCUT2D eigenvalue weighted by Crippen LogP contribution is 2.63. The number of para-hydroxylation sites is 5. The van der Waals surface area contributed by atoms with Crippen LogP contribution in [0.1, 0.15) is 22.3 Å². The maximum Gasteiger partial charge on any atom is 0.0937 e. The standard InChI is InChI=1S/C59H35N5S/c1-6-21-47-38(14-1)39-15-2-7-22-48(39)62(47)36-29-31-52-43(34-36)42-18-5-8-23-49(42)63(52)37-28-30-44-55(35-37)65-54-27-11-26-53(64-50-24-9-3-16-40(50)41-17-4-10-25-51(41)64)56(54)59(44)45-19-12-32-60-57(45)58-46(59)20-13-33-61-58/h1-35H. The van der Waals surface area contributed by atoms with Crippen molar-refractivity contribution in [3.8, 4) is 28.5 Å². The summed E-state index contributed by atoms with van der Waals surface area (Å²) in [6.45, 7) is 0. The molecule has 0 bridgehead atoms. The second-order valence-electron chi connectivity index (χ2n) is 17.3. The van der Waals surface area contributed by atoms with Crippen molar-refractivity contribution in [2.75, 3.05) is 0 Å². The molecule has 1 aliphatic heterocycles. The fourth-order valence-corrected chi connectivity index (χ4v) is 13.0. The molecule has 0 radical (unpaired) electrons. The molecule has 5 aromatic heterocycles. The van der Waals surface area contributed by atoms with Gasteiger partial charge in [-0.15, -0.1) is 0 Å². The summed E-state index contributed by atoms with van der Waals surface area (Å²) in [7, 11) is 0. The minimum atomic E-state index is -0.692. The van der Waals surface area contributed by atoms with Crippen molar-refractivity contribution < 1.29 is 0 Å². The Morgan fingerprint density at radius 2 is 0.800 bits per heavy atom. The smallest absolute Gasteiger partial charge is 0.0937 e. The van der Waals surface area contributed by atoms with E-state index < -0.39 is 5.41 Å². The second kappa shape index (κ2) is 12.9. The molecule has 13 aromatic rings. The molecule has 8 aromatic carbocycles. The predicted octanol–water partition coefficient (Wildman–Crippen LogP) is 14.6. The lowest BCUT2D eigenvalue weighted by Crippen LogP contribution is -2.33. The van der Waals surface area contributed by atoms with Gasteiger partial charge in [0.25, 0.3) is 0 Å². The van der Waals surface area contributed by atoms with E-state index in [2.05, 4.69) is 214 Å². The van der Waals surface area contributed by atoms with Gasteiger partial charge in [0.1, 0.15) is 0 Å². The van der Waals surface area contributed by atoms with Gasteiger partial charge in [-0.25, -0.2) is 0 Å². The third-order valence-corrected chi connectivity index (χ3v) is 15.3. The van der Waals surface area contributed by atoms with Gasteiger partial charge in [-0.05, 0) is 102 Å². The zero-order valence-electron chi connectivity index (χ0n) is 34.9. The van der Waals surface area contributed by atoms with Crippen LogP contribution in [0.5, 0.6) is 0 Å². The quantitative estimate of drug-likeness (QED) is 0.178. The number of nitrogens with zero attached hydrogens (tertiary/aromatic N) is 5. The lowest BCUT2D eigenvalue weighted by atomic mass is 9.67. The van der Waals surface area contributed by atoms with Gasteiger partial charge in [0, 0.05) is 71.4 Å². The maximum atomic E-state index is 5.09. The van der Waals surface area contributed by atoms with Crippen LogP contribution in [-0.4, -0.2) is 23.7 Å². The van der Waals surface area contributed by atoms with Crippen LogP contribution in [-0.2, 0) is 5.41 Å². The van der Waals surface area contributed by atoms with E-state index in [1.165, 1.54) is 86.3 Å². The number of aromatic nitrogens is 5. The van der Waals surface area contributed by atoms with Gasteiger partial charge in [0.05, 0.1) is 55.6 Å². The summed E-state index contributed by atoms with van der Waals surface area (Å²) in [5.41, 5.74) is 16.6. The van der Waals surface area contributed by atoms with E-state index in [1.807, 2.05) is 24.2 Å². The Kier molecular flexibility index (Phi) is 7.03. The summed E-state index contributed by atoms with van der Waals surface area (Å²) in [6, 6.07) is 73.7. The van der Waals surface area contributed by atoms with E-state index in [1.54, 1.807) is 0 Å². The molecule has 1 spiro atoms. The first-order chi connectivity index (χ1) is 32.3. The number of hydrogen-bond donors (Lipinski definition) is 0. The monoisotopic (exact) mass is 845 g/mol. The summed E-state index contributed by atoms with van der Waals surface area (Å²) in [5.74, 6) is 0.